The molecule has 0 spiro atoms. The van der Waals surface area contributed by atoms with Gasteiger partial charge in [0.25, 0.3) is 0 Å². The lowest BCUT2D eigenvalue weighted by Crippen LogP contribution is -2.03. The number of ether oxygens (including phenoxy) is 1. The largest absolute Gasteiger partial charge is 0.507 e. The van der Waals surface area contributed by atoms with Gasteiger partial charge in [-0.1, -0.05) is 55.8 Å². The van der Waals surface area contributed by atoms with E-state index in [2.05, 4.69) is 25.7 Å². The lowest BCUT2D eigenvalue weighted by Gasteiger charge is -2.16. The summed E-state index contributed by atoms with van der Waals surface area (Å²) < 4.78 is 6.01. The summed E-state index contributed by atoms with van der Waals surface area (Å²) in [5, 5.41) is 28.4. The van der Waals surface area contributed by atoms with Crippen molar-refractivity contribution in [3.63, 3.8) is 0 Å². The first-order valence-electron chi connectivity index (χ1n) is 11.3. The van der Waals surface area contributed by atoms with Gasteiger partial charge >= 0.3 is 0 Å². The van der Waals surface area contributed by atoms with Crippen LogP contribution in [0.4, 0.5) is 0 Å². The van der Waals surface area contributed by atoms with Crippen molar-refractivity contribution in [1.29, 1.82) is 5.53 Å². The van der Waals surface area contributed by atoms with E-state index in [1.54, 1.807) is 12.1 Å². The lowest BCUT2D eigenvalue weighted by atomic mass is 9.97. The van der Waals surface area contributed by atoms with Crippen LogP contribution >= 0.6 is 0 Å². The highest BCUT2D eigenvalue weighted by atomic mass is 16.5. The summed E-state index contributed by atoms with van der Waals surface area (Å²) in [5.74, 6) is 0.859. The van der Waals surface area contributed by atoms with Gasteiger partial charge in [-0.3, -0.25) is 4.79 Å². The van der Waals surface area contributed by atoms with E-state index >= 15 is 0 Å². The molecule has 0 amide bonds. The zero-order chi connectivity index (χ0) is 24.8. The van der Waals surface area contributed by atoms with Gasteiger partial charge in [0, 0.05) is 11.1 Å². The van der Waals surface area contributed by atoms with Gasteiger partial charge < -0.3 is 9.84 Å². The van der Waals surface area contributed by atoms with Crippen LogP contribution in [0.15, 0.2) is 65.8 Å². The van der Waals surface area contributed by atoms with Gasteiger partial charge in [-0.05, 0) is 53.4 Å². The molecule has 1 aromatic heterocycles. The number of nitrogens with one attached hydrogen (secondary N) is 2. The summed E-state index contributed by atoms with van der Waals surface area (Å²) in [5.41, 5.74) is 12.1. The summed E-state index contributed by atoms with van der Waals surface area (Å²) in [6.45, 7) is 3.74. The van der Waals surface area contributed by atoms with Crippen molar-refractivity contribution >= 4 is 5.78 Å². The number of hydrogen-bond donors (Lipinski definition) is 3. The van der Waals surface area contributed by atoms with Crippen LogP contribution < -0.4 is 4.74 Å². The number of aromatic nitrogens is 4. The third-order valence-corrected chi connectivity index (χ3v) is 5.74. The number of phenols is 1. The van der Waals surface area contributed by atoms with Gasteiger partial charge in [-0.2, -0.15) is 10.3 Å². The monoisotopic (exact) mass is 470 g/mol. The average molecular weight is 471 g/mol. The lowest BCUT2D eigenvalue weighted by molar-refractivity contribution is 0.101. The number of carbonyl (C=O) groups excluding carboxylic acids is 1. The summed E-state index contributed by atoms with van der Waals surface area (Å²) in [7, 11) is 0. The highest BCUT2D eigenvalue weighted by Crippen LogP contribution is 2.34. The van der Waals surface area contributed by atoms with Gasteiger partial charge in [0.1, 0.15) is 24.1 Å². The van der Waals surface area contributed by atoms with Crippen LogP contribution in [0.3, 0.4) is 0 Å². The molecule has 3 N–H and O–H groups in total. The van der Waals surface area contributed by atoms with Crippen LogP contribution in [0.1, 0.15) is 58.9 Å². The maximum absolute atomic E-state index is 11.8. The molecule has 0 fully saturated rings. The van der Waals surface area contributed by atoms with E-state index in [0.29, 0.717) is 35.7 Å². The van der Waals surface area contributed by atoms with Crippen LogP contribution in [-0.4, -0.2) is 31.5 Å². The normalized spacial score (nSPS) is 11.7. The number of Topliss-reactive ketones (excluding diaryl/α,β-unsaturated/α-hetero) is 1. The number of carbonyl (C=O) groups is 1. The minimum atomic E-state index is -0.468. The zero-order valence-corrected chi connectivity index (χ0v) is 19.5. The quantitative estimate of drug-likeness (QED) is 0.209. The predicted octanol–water partition coefficient (Wildman–Crippen LogP) is 5.43. The van der Waals surface area contributed by atoms with E-state index in [9.17, 15) is 9.90 Å². The molecule has 9 nitrogen and oxygen atoms in total. The number of aromatic amines is 1. The Balaban J connectivity index is 1.51. The number of hydrogen-bond acceptors (Lipinski definition) is 8. The van der Waals surface area contributed by atoms with Crippen molar-refractivity contribution in [1.82, 2.24) is 20.6 Å². The van der Waals surface area contributed by atoms with Crippen molar-refractivity contribution in [3.8, 4) is 22.9 Å². The molecule has 1 unspecified atom stereocenters. The molecule has 178 valence electrons. The van der Waals surface area contributed by atoms with Crippen molar-refractivity contribution in [2.24, 2.45) is 5.11 Å². The molecule has 0 radical (unpaired) electrons. The predicted molar refractivity (Wildman–Crippen MR) is 129 cm³/mol. The molecule has 3 aromatic carbocycles. The van der Waals surface area contributed by atoms with Gasteiger partial charge in [0.15, 0.2) is 5.78 Å². The minimum absolute atomic E-state index is 0.00449. The first kappa shape index (κ1) is 23.7. The first-order valence-corrected chi connectivity index (χ1v) is 11.3. The number of aromatic hydroxyl groups is 1. The number of tetrazole rings is 1. The smallest absolute Gasteiger partial charge is 0.204 e. The Morgan fingerprint density at radius 1 is 1.14 bits per heavy atom. The highest BCUT2D eigenvalue weighted by Gasteiger charge is 2.17. The van der Waals surface area contributed by atoms with Gasteiger partial charge in [-0.25, -0.2) is 5.53 Å². The molecule has 0 aliphatic rings. The number of ketones is 1. The topological polar surface area (TPSA) is 137 Å². The third kappa shape index (κ3) is 5.24. The fourth-order valence-electron chi connectivity index (χ4n) is 3.96. The highest BCUT2D eigenvalue weighted by molar-refractivity contribution is 5.97. The first-order chi connectivity index (χ1) is 17.0. The molecule has 4 rings (SSSR count). The van der Waals surface area contributed by atoms with Crippen LogP contribution in [0.2, 0.25) is 0 Å². The molecule has 0 aliphatic heterocycles. The molecule has 35 heavy (non-hydrogen) atoms. The van der Waals surface area contributed by atoms with Crippen LogP contribution in [0, 0.1) is 5.53 Å². The second kappa shape index (κ2) is 10.7. The average Bonchev–Trinajstić information content (AvgIpc) is 3.41. The van der Waals surface area contributed by atoms with Crippen molar-refractivity contribution in [3.05, 3.63) is 88.5 Å². The second-order valence-corrected chi connectivity index (χ2v) is 8.17. The molecule has 0 saturated heterocycles. The molecule has 0 aliphatic carbocycles. The van der Waals surface area contributed by atoms with E-state index in [1.165, 1.54) is 6.92 Å². The molecule has 4 aromatic rings. The van der Waals surface area contributed by atoms with Crippen LogP contribution in [0.25, 0.3) is 11.4 Å². The van der Waals surface area contributed by atoms with Crippen molar-refractivity contribution < 1.29 is 14.6 Å². The van der Waals surface area contributed by atoms with Gasteiger partial charge in [-0.15, -0.1) is 10.2 Å². The Morgan fingerprint density at radius 3 is 2.60 bits per heavy atom. The maximum atomic E-state index is 11.8. The molecule has 1 atom stereocenters. The number of nitrogens with zero attached hydrogens (tertiary/aromatic N) is 4. The standard InChI is InChI=1S/C26H26N6O3/c1-3-5-22-23(13-12-21(16(2)33)25(22)34)35-15-17-8-10-18(11-9-17)24(28-27)19-6-4-7-20(14-19)26-29-31-32-30-26/h4,6-14,24,27,34H,3,5,15H2,1-2H3,(H,29,30,31,32). The van der Waals surface area contributed by atoms with Crippen molar-refractivity contribution in [2.75, 3.05) is 0 Å². The molecule has 0 saturated carbocycles. The fourth-order valence-corrected chi connectivity index (χ4v) is 3.96. The Hall–Kier alpha value is -4.40. The molecule has 1 heterocycles. The summed E-state index contributed by atoms with van der Waals surface area (Å²) in [6.07, 6.45) is 1.42. The fraction of sp³-hybridized carbons (Fsp3) is 0.231. The Morgan fingerprint density at radius 2 is 1.94 bits per heavy atom. The maximum Gasteiger partial charge on any atom is 0.204 e. The summed E-state index contributed by atoms with van der Waals surface area (Å²) >= 11 is 0. The number of phenolic OH excluding ortho intramolecular Hbond substituents is 1. The van der Waals surface area contributed by atoms with E-state index in [4.69, 9.17) is 10.3 Å². The van der Waals surface area contributed by atoms with Crippen LogP contribution in [0.5, 0.6) is 11.5 Å². The summed E-state index contributed by atoms with van der Waals surface area (Å²) in [4.78, 5) is 11.8. The van der Waals surface area contributed by atoms with Gasteiger partial charge in [0.05, 0.1) is 5.56 Å². The number of benzene rings is 3. The number of H-pyrrole nitrogens is 1. The molecule has 9 heteroatoms. The van der Waals surface area contributed by atoms with Gasteiger partial charge in [0.2, 0.25) is 5.82 Å². The third-order valence-electron chi connectivity index (χ3n) is 5.74. The van der Waals surface area contributed by atoms with E-state index < -0.39 is 6.04 Å². The van der Waals surface area contributed by atoms with E-state index in [0.717, 1.165) is 28.7 Å². The molecule has 0 bridgehead atoms. The summed E-state index contributed by atoms with van der Waals surface area (Å²) in [6, 6.07) is 18.1. The zero-order valence-electron chi connectivity index (χ0n) is 19.5. The second-order valence-electron chi connectivity index (χ2n) is 8.17. The molecular weight excluding hydrogens is 444 g/mol. The SMILES string of the molecule is CCCc1c(OCc2ccc(C(N=N)c3cccc(-c4nn[nH]n4)c3)cc2)ccc(C(C)=O)c1O. The van der Waals surface area contributed by atoms with E-state index in [-0.39, 0.29) is 11.5 Å². The Labute approximate surface area is 202 Å². The minimum Gasteiger partial charge on any atom is -0.507 e. The number of rotatable bonds is 10. The Bertz CT molecular complexity index is 1320. The molecular formula is C26H26N6O3. The van der Waals surface area contributed by atoms with E-state index in [1.807, 2.05) is 55.5 Å². The van der Waals surface area contributed by atoms with Crippen LogP contribution in [-0.2, 0) is 13.0 Å². The van der Waals surface area contributed by atoms with Crippen molar-refractivity contribution in [2.45, 2.75) is 39.3 Å². The Kier molecular flexibility index (Phi) is 7.25.